The molecule has 216 valence electrons. The summed E-state index contributed by atoms with van der Waals surface area (Å²) >= 11 is 6.82. The summed E-state index contributed by atoms with van der Waals surface area (Å²) in [5, 5.41) is 0.0703. The number of aromatic nitrogens is 4. The van der Waals surface area contributed by atoms with E-state index in [2.05, 4.69) is 16.5 Å². The van der Waals surface area contributed by atoms with Crippen molar-refractivity contribution >= 4 is 40.4 Å². The first kappa shape index (κ1) is 22.3. The third-order valence-electron chi connectivity index (χ3n) is 7.18. The molecular weight excluding hydrogens is 555 g/mol. The molecule has 1 saturated heterocycles. The number of nitrogens with zero attached hydrogens (tertiary/aromatic N) is 6. The van der Waals surface area contributed by atoms with E-state index in [9.17, 15) is 9.59 Å². The van der Waals surface area contributed by atoms with E-state index in [-0.39, 0.29) is 87.1 Å². The molecule has 8 nitrogen and oxygen atoms in total. The molecule has 0 N–H and O–H groups in total. The van der Waals surface area contributed by atoms with Crippen LogP contribution in [-0.2, 0) is 4.79 Å². The highest BCUT2D eigenvalue weighted by atomic mass is 35.5. The van der Waals surface area contributed by atoms with Gasteiger partial charge in [-0.05, 0) is 55.1 Å². The first-order valence-electron chi connectivity index (χ1n) is 16.2. The van der Waals surface area contributed by atoms with Gasteiger partial charge in [0, 0.05) is 41.5 Å². The minimum Gasteiger partial charge on any atom is -0.350 e. The maximum atomic E-state index is 15.6. The fourth-order valence-electron chi connectivity index (χ4n) is 5.18. The van der Waals surface area contributed by atoms with Crippen molar-refractivity contribution in [2.24, 2.45) is 0 Å². The summed E-state index contributed by atoms with van der Waals surface area (Å²) in [5.41, 5.74) is -1.22. The first-order chi connectivity index (χ1) is 22.5. The standard InChI is InChI=1S/C32H32ClFN6O2/c1-7-21-10-9-11-24(34)26(21)28-23(33)16-22-30(39-15-14-38(17-20(39)6)25(41)8-2)37-32(42)40(31(22)36-28)29-19(5)12-13-35-27(29)18(3)4/h7-13,16,18,20H,1-2,14-15,17H2,3-6H3/t20-/m0/s1/i1D2,5D3,20D. The zero-order valence-electron chi connectivity index (χ0n) is 29.3. The number of anilines is 1. The van der Waals surface area contributed by atoms with Crippen molar-refractivity contribution < 1.29 is 17.4 Å². The predicted molar refractivity (Wildman–Crippen MR) is 166 cm³/mol. The Bertz CT molecular complexity index is 2040. The summed E-state index contributed by atoms with van der Waals surface area (Å²) < 4.78 is 66.0. The number of rotatable bonds is 6. The third-order valence-corrected chi connectivity index (χ3v) is 7.47. The Morgan fingerprint density at radius 3 is 2.81 bits per heavy atom. The van der Waals surface area contributed by atoms with Crippen LogP contribution in [-0.4, -0.2) is 56.0 Å². The highest BCUT2D eigenvalue weighted by molar-refractivity contribution is 6.34. The normalized spacial score (nSPS) is 19.4. The quantitative estimate of drug-likeness (QED) is 0.258. The van der Waals surface area contributed by atoms with Crippen LogP contribution in [0.3, 0.4) is 0 Å². The average Bonchev–Trinajstić information content (AvgIpc) is 2.99. The molecule has 0 unspecified atom stereocenters. The van der Waals surface area contributed by atoms with Crippen molar-refractivity contribution in [2.75, 3.05) is 24.5 Å². The van der Waals surface area contributed by atoms with Crippen LogP contribution >= 0.6 is 11.6 Å². The monoisotopic (exact) mass is 592 g/mol. The van der Waals surface area contributed by atoms with Crippen LogP contribution in [0.5, 0.6) is 0 Å². The van der Waals surface area contributed by atoms with Crippen molar-refractivity contribution in [1.29, 1.82) is 0 Å². The third kappa shape index (κ3) is 4.98. The minimum atomic E-state index is -2.70. The van der Waals surface area contributed by atoms with E-state index in [1.54, 1.807) is 20.8 Å². The van der Waals surface area contributed by atoms with Gasteiger partial charge in [0.2, 0.25) is 5.91 Å². The summed E-state index contributed by atoms with van der Waals surface area (Å²) in [4.78, 5) is 43.2. The van der Waals surface area contributed by atoms with Crippen molar-refractivity contribution in [2.45, 2.75) is 39.6 Å². The molecule has 1 amide bonds. The zero-order chi connectivity index (χ0) is 35.3. The molecule has 1 aromatic carbocycles. The number of benzene rings is 1. The zero-order valence-corrected chi connectivity index (χ0v) is 24.0. The highest BCUT2D eigenvalue weighted by Gasteiger charge is 2.30. The van der Waals surface area contributed by atoms with E-state index in [1.165, 1.54) is 40.3 Å². The number of fused-ring (bicyclic) bond motifs is 1. The Hall–Kier alpha value is -4.37. The van der Waals surface area contributed by atoms with E-state index in [1.807, 2.05) is 0 Å². The number of aryl methyl sites for hydroxylation is 1. The number of hydrogen-bond acceptors (Lipinski definition) is 6. The van der Waals surface area contributed by atoms with E-state index < -0.39 is 30.9 Å². The van der Waals surface area contributed by atoms with Gasteiger partial charge in [0.15, 0.2) is 5.65 Å². The summed E-state index contributed by atoms with van der Waals surface area (Å²) in [6.07, 6.45) is 3.62. The van der Waals surface area contributed by atoms with Gasteiger partial charge in [0.1, 0.15) is 11.6 Å². The molecule has 5 rings (SSSR count). The lowest BCUT2D eigenvalue weighted by atomic mass is 10.0. The maximum absolute atomic E-state index is 15.6. The number of piperazine rings is 1. The van der Waals surface area contributed by atoms with E-state index in [0.717, 1.165) is 22.8 Å². The molecule has 1 aliphatic rings. The van der Waals surface area contributed by atoms with E-state index in [0.29, 0.717) is 0 Å². The van der Waals surface area contributed by atoms with Gasteiger partial charge < -0.3 is 9.80 Å². The second-order valence-corrected chi connectivity index (χ2v) is 10.6. The molecule has 0 aliphatic carbocycles. The second kappa shape index (κ2) is 11.5. The lowest BCUT2D eigenvalue weighted by Gasteiger charge is -2.40. The smallest absolute Gasteiger partial charge is 0.350 e. The Kier molecular flexibility index (Phi) is 6.09. The van der Waals surface area contributed by atoms with E-state index in [4.69, 9.17) is 24.8 Å². The van der Waals surface area contributed by atoms with Crippen LogP contribution in [0.2, 0.25) is 5.02 Å². The van der Waals surface area contributed by atoms with Gasteiger partial charge in [-0.15, -0.1) is 0 Å². The van der Waals surface area contributed by atoms with Crippen LogP contribution in [0, 0.1) is 12.7 Å². The van der Waals surface area contributed by atoms with Crippen LogP contribution in [0.25, 0.3) is 34.1 Å². The van der Waals surface area contributed by atoms with Gasteiger partial charge in [-0.3, -0.25) is 9.78 Å². The minimum absolute atomic E-state index is 0.00841. The Morgan fingerprint density at radius 2 is 2.12 bits per heavy atom. The topological polar surface area (TPSA) is 84.2 Å². The number of hydrogen-bond donors (Lipinski definition) is 0. The molecule has 4 heterocycles. The summed E-state index contributed by atoms with van der Waals surface area (Å²) in [6.45, 7) is 5.56. The van der Waals surface area contributed by atoms with Crippen molar-refractivity contribution in [1.82, 2.24) is 24.4 Å². The lowest BCUT2D eigenvalue weighted by molar-refractivity contribution is -0.126. The molecule has 10 heteroatoms. The van der Waals surface area contributed by atoms with Gasteiger partial charge in [-0.2, -0.15) is 4.98 Å². The molecule has 1 fully saturated rings. The molecule has 1 aliphatic heterocycles. The molecule has 1 atom stereocenters. The van der Waals surface area contributed by atoms with Gasteiger partial charge in [-0.1, -0.05) is 56.8 Å². The average molecular weight is 593 g/mol. The molecular formula is C32H32ClFN6O2. The van der Waals surface area contributed by atoms with Crippen LogP contribution in [0.15, 0.2) is 60.5 Å². The Balaban J connectivity index is 1.93. The predicted octanol–water partition coefficient (Wildman–Crippen LogP) is 5.93. The first-order valence-corrected chi connectivity index (χ1v) is 13.6. The van der Waals surface area contributed by atoms with Gasteiger partial charge in [-0.25, -0.2) is 18.7 Å². The Morgan fingerprint density at radius 1 is 1.31 bits per heavy atom. The van der Waals surface area contributed by atoms with Crippen molar-refractivity contribution in [3.8, 4) is 16.9 Å². The molecule has 3 aromatic heterocycles. The molecule has 0 radical (unpaired) electrons. The number of halogens is 2. The molecule has 0 spiro atoms. The number of amides is 1. The summed E-state index contributed by atoms with van der Waals surface area (Å²) in [7, 11) is 0. The van der Waals surface area contributed by atoms with E-state index >= 15 is 4.39 Å². The molecule has 42 heavy (non-hydrogen) atoms. The van der Waals surface area contributed by atoms with Crippen molar-refractivity contribution in [3.05, 3.63) is 93.9 Å². The van der Waals surface area contributed by atoms with Crippen LogP contribution in [0.1, 0.15) is 51.7 Å². The van der Waals surface area contributed by atoms with Crippen LogP contribution in [0.4, 0.5) is 10.2 Å². The number of pyridine rings is 2. The SMILES string of the molecule is [2H]C([2H])=Cc1cccc(F)c1-c1nc2c(cc1Cl)c(N1CCN(C(=O)C=C)C[C@]1([2H])C)nc(=O)n2-c1c(C([2H])([2H])[2H])ccnc1C(C)C. The summed E-state index contributed by atoms with van der Waals surface area (Å²) in [5.74, 6) is -1.48. The Labute approximate surface area is 257 Å². The van der Waals surface area contributed by atoms with Crippen LogP contribution < -0.4 is 10.6 Å². The number of carbonyl (C=O) groups is 1. The summed E-state index contributed by atoms with van der Waals surface area (Å²) in [6, 6.07) is 5.25. The molecule has 4 aromatic rings. The van der Waals surface area contributed by atoms with Crippen molar-refractivity contribution in [3.63, 3.8) is 0 Å². The van der Waals surface area contributed by atoms with Gasteiger partial charge >= 0.3 is 5.69 Å². The maximum Gasteiger partial charge on any atom is 0.355 e. The highest BCUT2D eigenvalue weighted by Crippen LogP contribution is 2.37. The van der Waals surface area contributed by atoms with Gasteiger partial charge in [0.05, 0.1) is 31.6 Å². The molecule has 0 saturated carbocycles. The molecule has 0 bridgehead atoms. The second-order valence-electron chi connectivity index (χ2n) is 10.2. The fraction of sp³-hybridized carbons (Fsp3) is 0.281. The number of carbonyl (C=O) groups excluding carboxylic acids is 1. The van der Waals surface area contributed by atoms with Gasteiger partial charge in [0.25, 0.3) is 0 Å². The fourth-order valence-corrected chi connectivity index (χ4v) is 5.43. The lowest BCUT2D eigenvalue weighted by Crippen LogP contribution is -2.54. The largest absolute Gasteiger partial charge is 0.355 e.